The molecular formula is C40H34N8O3. The highest BCUT2D eigenvalue weighted by Gasteiger charge is 2.16. The van der Waals surface area contributed by atoms with Gasteiger partial charge in [0.25, 0.3) is 0 Å². The zero-order valence-corrected chi connectivity index (χ0v) is 28.7. The van der Waals surface area contributed by atoms with Crippen molar-refractivity contribution < 1.29 is 15.3 Å². The van der Waals surface area contributed by atoms with E-state index in [1.54, 1.807) is 31.2 Å². The maximum absolute atomic E-state index is 11.3. The van der Waals surface area contributed by atoms with Gasteiger partial charge in [0.2, 0.25) is 5.88 Å². The van der Waals surface area contributed by atoms with E-state index in [1.807, 2.05) is 68.4 Å². The SMILES string of the molecule is Cc1ccc(-n2nc(C)c(N=Nc3ccc4cc(C)c(N=Nc5ccc(N=Nc6ccc7cc(C)cc(C)c7c6)cc5O)c(O)c4c3)c2O)cc1. The summed E-state index contributed by atoms with van der Waals surface area (Å²) in [4.78, 5) is 0. The van der Waals surface area contributed by atoms with Crippen LogP contribution in [-0.4, -0.2) is 25.1 Å². The summed E-state index contributed by atoms with van der Waals surface area (Å²) in [5.74, 6) is -0.357. The molecule has 0 aliphatic rings. The van der Waals surface area contributed by atoms with Crippen LogP contribution < -0.4 is 0 Å². The van der Waals surface area contributed by atoms with Crippen molar-refractivity contribution >= 4 is 55.7 Å². The molecule has 3 N–H and O–H groups in total. The Labute approximate surface area is 293 Å². The third-order valence-corrected chi connectivity index (χ3v) is 8.60. The summed E-state index contributed by atoms with van der Waals surface area (Å²) in [5, 5.41) is 66.6. The number of phenolic OH excluding ortho intramolecular Hbond substituents is 2. The number of aromatic nitrogens is 2. The van der Waals surface area contributed by atoms with Gasteiger partial charge in [0, 0.05) is 11.5 Å². The molecule has 0 unspecified atom stereocenters. The first-order valence-electron chi connectivity index (χ1n) is 16.3. The molecule has 1 aromatic heterocycles. The number of rotatable bonds is 7. The van der Waals surface area contributed by atoms with Gasteiger partial charge in [-0.15, -0.1) is 15.3 Å². The highest BCUT2D eigenvalue weighted by Crippen LogP contribution is 2.42. The lowest BCUT2D eigenvalue weighted by Gasteiger charge is -2.08. The lowest BCUT2D eigenvalue weighted by Crippen LogP contribution is -1.95. The van der Waals surface area contributed by atoms with Gasteiger partial charge in [-0.25, -0.2) is 0 Å². The Morgan fingerprint density at radius 1 is 0.510 bits per heavy atom. The first-order chi connectivity index (χ1) is 24.5. The number of phenols is 2. The van der Waals surface area contributed by atoms with E-state index in [4.69, 9.17) is 0 Å². The molecule has 0 spiro atoms. The van der Waals surface area contributed by atoms with Crippen molar-refractivity contribution in [1.29, 1.82) is 0 Å². The molecule has 11 nitrogen and oxygen atoms in total. The summed E-state index contributed by atoms with van der Waals surface area (Å²) in [7, 11) is 0. The van der Waals surface area contributed by atoms with E-state index in [0.29, 0.717) is 39.4 Å². The molecular weight excluding hydrogens is 640 g/mol. The lowest BCUT2D eigenvalue weighted by molar-refractivity contribution is 0.434. The highest BCUT2D eigenvalue weighted by atomic mass is 16.3. The van der Waals surface area contributed by atoms with E-state index in [-0.39, 0.29) is 34.4 Å². The third kappa shape index (κ3) is 6.64. The second kappa shape index (κ2) is 13.3. The minimum absolute atomic E-state index is 0.0947. The Hall–Kier alpha value is -6.75. The Bertz CT molecular complexity index is 2570. The molecule has 0 bridgehead atoms. The number of hydrogen-bond acceptors (Lipinski definition) is 10. The van der Waals surface area contributed by atoms with Crippen molar-refractivity contribution in [3.63, 3.8) is 0 Å². The standard InChI is InChI=1S/C40H34N8O3/c1-22-6-13-32(14-7-22)48-40(51)38(26(5)47-48)46-43-30-11-9-28-18-25(4)37(39(50)34(28)20-30)45-44-35-15-12-31(21-36(35)49)42-41-29-10-8-27-17-23(2)16-24(3)33(27)19-29/h6-21,49-51H,1-5H3. The fourth-order valence-electron chi connectivity index (χ4n) is 5.94. The second-order valence-corrected chi connectivity index (χ2v) is 12.6. The van der Waals surface area contributed by atoms with Crippen LogP contribution in [-0.2, 0) is 0 Å². The van der Waals surface area contributed by atoms with Crippen molar-refractivity contribution in [3.8, 4) is 23.1 Å². The van der Waals surface area contributed by atoms with Crippen molar-refractivity contribution in [1.82, 2.24) is 9.78 Å². The molecule has 51 heavy (non-hydrogen) atoms. The van der Waals surface area contributed by atoms with Gasteiger partial charge in [0.15, 0.2) is 11.4 Å². The van der Waals surface area contributed by atoms with Crippen LogP contribution in [0.1, 0.15) is 27.9 Å². The summed E-state index contributed by atoms with van der Waals surface area (Å²) < 4.78 is 1.41. The predicted molar refractivity (Wildman–Crippen MR) is 199 cm³/mol. The van der Waals surface area contributed by atoms with Crippen LogP contribution >= 0.6 is 0 Å². The summed E-state index contributed by atoms with van der Waals surface area (Å²) in [5.41, 5.74) is 7.65. The minimum Gasteiger partial charge on any atom is -0.506 e. The van der Waals surface area contributed by atoms with E-state index >= 15 is 0 Å². The highest BCUT2D eigenvalue weighted by molar-refractivity contribution is 5.95. The van der Waals surface area contributed by atoms with E-state index in [1.165, 1.54) is 21.9 Å². The van der Waals surface area contributed by atoms with E-state index in [0.717, 1.165) is 21.7 Å². The normalized spacial score (nSPS) is 12.0. The number of aryl methyl sites for hydroxylation is 5. The molecule has 6 aromatic carbocycles. The predicted octanol–water partition coefficient (Wildman–Crippen LogP) is 12.1. The van der Waals surface area contributed by atoms with Crippen LogP contribution in [0.5, 0.6) is 17.4 Å². The first-order valence-corrected chi connectivity index (χ1v) is 16.3. The number of aromatic hydroxyl groups is 3. The Kier molecular flexibility index (Phi) is 8.53. The maximum atomic E-state index is 11.3. The van der Waals surface area contributed by atoms with E-state index in [9.17, 15) is 15.3 Å². The average Bonchev–Trinajstić information content (AvgIpc) is 3.39. The van der Waals surface area contributed by atoms with Gasteiger partial charge in [-0.2, -0.15) is 25.1 Å². The molecule has 11 heteroatoms. The van der Waals surface area contributed by atoms with Crippen LogP contribution in [0.2, 0.25) is 0 Å². The van der Waals surface area contributed by atoms with Crippen molar-refractivity contribution in [2.45, 2.75) is 34.6 Å². The summed E-state index contributed by atoms with van der Waals surface area (Å²) in [6, 6.07) is 29.7. The molecule has 0 aliphatic heterocycles. The van der Waals surface area contributed by atoms with Crippen molar-refractivity contribution in [3.05, 3.63) is 125 Å². The van der Waals surface area contributed by atoms with Gasteiger partial charge in [-0.05, 0) is 117 Å². The Morgan fingerprint density at radius 2 is 1.12 bits per heavy atom. The zero-order valence-electron chi connectivity index (χ0n) is 28.7. The summed E-state index contributed by atoms with van der Waals surface area (Å²) >= 11 is 0. The van der Waals surface area contributed by atoms with Gasteiger partial charge >= 0.3 is 0 Å². The molecule has 252 valence electrons. The first kappa shape index (κ1) is 32.8. The van der Waals surface area contributed by atoms with Crippen molar-refractivity contribution in [2.24, 2.45) is 30.7 Å². The maximum Gasteiger partial charge on any atom is 0.243 e. The zero-order chi connectivity index (χ0) is 35.8. The number of benzene rings is 6. The van der Waals surface area contributed by atoms with Gasteiger partial charge in [-0.3, -0.25) is 0 Å². The number of nitrogens with zero attached hydrogens (tertiary/aromatic N) is 8. The van der Waals surface area contributed by atoms with E-state index < -0.39 is 0 Å². The van der Waals surface area contributed by atoms with Gasteiger partial charge in [0.1, 0.15) is 17.1 Å². The number of fused-ring (bicyclic) bond motifs is 2. The Morgan fingerprint density at radius 3 is 1.82 bits per heavy atom. The smallest absolute Gasteiger partial charge is 0.243 e. The molecule has 0 fully saturated rings. The average molecular weight is 675 g/mol. The largest absolute Gasteiger partial charge is 0.506 e. The fraction of sp³-hybridized carbons (Fsp3) is 0.125. The molecule has 0 atom stereocenters. The third-order valence-electron chi connectivity index (χ3n) is 8.60. The summed E-state index contributed by atoms with van der Waals surface area (Å²) in [6.07, 6.45) is 0. The van der Waals surface area contributed by atoms with Crippen LogP contribution in [0.15, 0.2) is 128 Å². The Balaban J connectivity index is 1.11. The van der Waals surface area contributed by atoms with Gasteiger partial charge < -0.3 is 15.3 Å². The molecule has 0 saturated heterocycles. The monoisotopic (exact) mass is 674 g/mol. The number of hydrogen-bond donors (Lipinski definition) is 3. The quantitative estimate of drug-likeness (QED) is 0.144. The molecule has 7 aromatic rings. The van der Waals surface area contributed by atoms with E-state index in [2.05, 4.69) is 61.8 Å². The van der Waals surface area contributed by atoms with Crippen LogP contribution in [0.3, 0.4) is 0 Å². The molecule has 7 rings (SSSR count). The van der Waals surface area contributed by atoms with Gasteiger partial charge in [-0.1, -0.05) is 47.5 Å². The minimum atomic E-state index is -0.134. The molecule has 0 saturated carbocycles. The second-order valence-electron chi connectivity index (χ2n) is 12.6. The number of azo groups is 3. The van der Waals surface area contributed by atoms with Crippen LogP contribution in [0, 0.1) is 34.6 Å². The topological polar surface area (TPSA) is 153 Å². The molecule has 0 amide bonds. The molecule has 0 radical (unpaired) electrons. The van der Waals surface area contributed by atoms with Crippen LogP contribution in [0.25, 0.3) is 27.2 Å². The van der Waals surface area contributed by atoms with Gasteiger partial charge in [0.05, 0.1) is 28.4 Å². The molecule has 1 heterocycles. The summed E-state index contributed by atoms with van der Waals surface area (Å²) in [6.45, 7) is 9.70. The van der Waals surface area contributed by atoms with Crippen LogP contribution in [0.4, 0.5) is 34.1 Å². The lowest BCUT2D eigenvalue weighted by atomic mass is 10.0. The van der Waals surface area contributed by atoms with Crippen molar-refractivity contribution in [2.75, 3.05) is 0 Å². The fourth-order valence-corrected chi connectivity index (χ4v) is 5.94. The molecule has 0 aliphatic carbocycles.